The predicted molar refractivity (Wildman–Crippen MR) is 35.0 cm³/mol. The average Bonchev–Trinajstić information content (AvgIpc) is 2.06. The normalized spacial score (nSPS) is 23.8. The molecule has 0 aliphatic carbocycles. The summed E-state index contributed by atoms with van der Waals surface area (Å²) < 4.78 is 2.35. The van der Waals surface area contributed by atoms with Crippen molar-refractivity contribution in [2.24, 2.45) is 0 Å². The van der Waals surface area contributed by atoms with Gasteiger partial charge in [0.25, 0.3) is 0 Å². The molecule has 0 aromatic heterocycles. The second-order valence-corrected chi connectivity index (χ2v) is 7.78. The topological polar surface area (TPSA) is 17.1 Å². The molecule has 1 aliphatic heterocycles. The van der Waals surface area contributed by atoms with Crippen LogP contribution in [0, 0.1) is 0 Å². The van der Waals surface area contributed by atoms with Gasteiger partial charge in [0, 0.05) is 0 Å². The number of hydrogen-bond donors (Lipinski definition) is 0. The Morgan fingerprint density at radius 3 is 2.17 bits per heavy atom. The summed E-state index contributed by atoms with van der Waals surface area (Å²) in [5, 5.41) is 0. The fraction of sp³-hybridized carbons (Fsp3) is 0.667. The number of carbonyl (C=O) groups excluding carboxylic acids is 1. The molecule has 3 heteroatoms. The zero-order valence-electron chi connectivity index (χ0n) is 3.08. The van der Waals surface area contributed by atoms with Crippen LogP contribution in [0.4, 0.5) is 4.79 Å². The molecule has 36 valence electrons. The van der Waals surface area contributed by atoms with E-state index >= 15 is 0 Å². The second-order valence-electron chi connectivity index (χ2n) is 1.06. The van der Waals surface area contributed by atoms with Crippen molar-refractivity contribution < 1.29 is 4.79 Å². The Kier molecular flexibility index (Phi) is 1.34. The first-order valence-electron chi connectivity index (χ1n) is 1.62. The Morgan fingerprint density at radius 1 is 1.67 bits per heavy atom. The van der Waals surface area contributed by atoms with Crippen LogP contribution in [0.1, 0.15) is 0 Å². The van der Waals surface area contributed by atoms with Gasteiger partial charge in [0.15, 0.2) is 0 Å². The van der Waals surface area contributed by atoms with Gasteiger partial charge >= 0.3 is 48.3 Å². The van der Waals surface area contributed by atoms with E-state index in [2.05, 4.69) is 0 Å². The first-order valence-corrected chi connectivity index (χ1v) is 6.12. The predicted octanol–water partition coefficient (Wildman–Crippen LogP) is 1.87. The molecule has 0 radical (unpaired) electrons. The van der Waals surface area contributed by atoms with E-state index in [0.717, 1.165) is 0 Å². The van der Waals surface area contributed by atoms with Gasteiger partial charge in [0.1, 0.15) is 0 Å². The van der Waals surface area contributed by atoms with Crippen LogP contribution in [-0.4, -0.2) is 12.1 Å². The van der Waals surface area contributed by atoms with Gasteiger partial charge in [-0.15, -0.1) is 0 Å². The molecule has 0 aromatic rings. The minimum absolute atomic E-state index is 0.000741. The number of alkyl halides is 2. The van der Waals surface area contributed by atoms with Gasteiger partial charge in [0.05, 0.1) is 0 Å². The van der Waals surface area contributed by atoms with E-state index in [1.54, 1.807) is 0 Å². The fourth-order valence-electron chi connectivity index (χ4n) is 0.184. The Bertz CT molecular complexity index is 78.9. The Balaban J connectivity index is 2.31. The first-order chi connectivity index (χ1) is 2.80. The summed E-state index contributed by atoms with van der Waals surface area (Å²) in [7, 11) is 0. The van der Waals surface area contributed by atoms with Crippen molar-refractivity contribution in [3.8, 4) is 0 Å². The maximum absolute atomic E-state index is 10.0. The molecule has 0 unspecified atom stereocenters. The minimum atomic E-state index is -1.01. The molecule has 1 heterocycles. The second kappa shape index (κ2) is 1.66. The Hall–Kier alpha value is 0.690. The number of hydrogen-bond acceptors (Lipinski definition) is 1. The molecular weight excluding hydrogens is 214 g/mol. The van der Waals surface area contributed by atoms with E-state index in [9.17, 15) is 4.79 Å². The summed E-state index contributed by atoms with van der Waals surface area (Å²) in [4.78, 5) is 10.0. The summed E-state index contributed by atoms with van der Waals surface area (Å²) >= 11 is 4.10. The Morgan fingerprint density at radius 2 is 2.17 bits per heavy atom. The summed E-state index contributed by atoms with van der Waals surface area (Å²) in [5.74, 6) is 0. The molecule has 0 amide bonds. The molecule has 6 heavy (non-hydrogen) atoms. The molecule has 0 N–H and O–H groups in total. The van der Waals surface area contributed by atoms with Crippen LogP contribution < -0.4 is 0 Å². The zero-order valence-corrected chi connectivity index (χ0v) is 5.99. The third-order valence-corrected chi connectivity index (χ3v) is 5.30. The van der Waals surface area contributed by atoms with Crippen LogP contribution in [0.25, 0.3) is 0 Å². The van der Waals surface area contributed by atoms with Crippen LogP contribution >= 0.6 is 31.4 Å². The van der Waals surface area contributed by atoms with E-state index in [1.807, 2.05) is 0 Å². The fourth-order valence-corrected chi connectivity index (χ4v) is 3.56. The SMILES string of the molecule is O=C(Cl)I1CC1. The van der Waals surface area contributed by atoms with Gasteiger partial charge in [0.2, 0.25) is 0 Å². The van der Waals surface area contributed by atoms with Gasteiger partial charge in [-0.1, -0.05) is 0 Å². The van der Waals surface area contributed by atoms with Crippen LogP contribution in [-0.2, 0) is 0 Å². The van der Waals surface area contributed by atoms with Gasteiger partial charge < -0.3 is 0 Å². The molecule has 0 bridgehead atoms. The van der Waals surface area contributed by atoms with E-state index < -0.39 is 19.8 Å². The molecule has 1 rings (SSSR count). The summed E-state index contributed by atoms with van der Waals surface area (Å²) in [6.45, 7) is 0. The average molecular weight is 218 g/mol. The third kappa shape index (κ3) is 1.08. The molecule has 0 aromatic carbocycles. The van der Waals surface area contributed by atoms with E-state index in [0.29, 0.717) is 0 Å². The number of carbonyl (C=O) groups is 1. The summed E-state index contributed by atoms with van der Waals surface area (Å²) in [6, 6.07) is 0. The standard InChI is InChI=1S/C3H4ClIO/c4-3(6)5-1-2-5/h1-2H2. The Labute approximate surface area is 48.4 Å². The summed E-state index contributed by atoms with van der Waals surface area (Å²) in [6.07, 6.45) is 0. The molecule has 1 saturated heterocycles. The van der Waals surface area contributed by atoms with Crippen LogP contribution in [0.5, 0.6) is 0 Å². The van der Waals surface area contributed by atoms with Crippen molar-refractivity contribution in [3.63, 3.8) is 0 Å². The monoisotopic (exact) mass is 218 g/mol. The quantitative estimate of drug-likeness (QED) is 0.373. The van der Waals surface area contributed by atoms with Crippen molar-refractivity contribution in [3.05, 3.63) is 0 Å². The van der Waals surface area contributed by atoms with Gasteiger partial charge in [-0.05, 0) is 0 Å². The van der Waals surface area contributed by atoms with Crippen molar-refractivity contribution in [1.29, 1.82) is 0 Å². The number of halogens is 2. The van der Waals surface area contributed by atoms with Gasteiger partial charge in [-0.2, -0.15) is 0 Å². The molecule has 0 atom stereocenters. The van der Waals surface area contributed by atoms with Crippen molar-refractivity contribution in [2.45, 2.75) is 0 Å². The van der Waals surface area contributed by atoms with Crippen molar-refractivity contribution in [1.82, 2.24) is 0 Å². The number of rotatable bonds is 1. The molecule has 1 aliphatic rings. The van der Waals surface area contributed by atoms with Crippen LogP contribution in [0.15, 0.2) is 0 Å². The molecule has 0 spiro atoms. The maximum atomic E-state index is 10.0. The van der Waals surface area contributed by atoms with Gasteiger partial charge in [-0.3, -0.25) is 0 Å². The molecule has 1 fully saturated rings. The van der Waals surface area contributed by atoms with E-state index in [1.165, 1.54) is 8.86 Å². The third-order valence-electron chi connectivity index (χ3n) is 0.588. The van der Waals surface area contributed by atoms with Gasteiger partial charge in [-0.25, -0.2) is 0 Å². The molecule has 1 nitrogen and oxygen atoms in total. The van der Waals surface area contributed by atoms with Crippen molar-refractivity contribution in [2.75, 3.05) is 8.86 Å². The molecule has 0 saturated carbocycles. The van der Waals surface area contributed by atoms with E-state index in [-0.39, 0.29) is 3.25 Å². The molecular formula is C3H4ClIO. The summed E-state index contributed by atoms with van der Waals surface area (Å²) in [5.41, 5.74) is 0. The van der Waals surface area contributed by atoms with Crippen molar-refractivity contribution >= 4 is 34.7 Å². The van der Waals surface area contributed by atoms with E-state index in [4.69, 9.17) is 11.6 Å². The van der Waals surface area contributed by atoms with Crippen LogP contribution in [0.2, 0.25) is 0 Å². The first kappa shape index (κ1) is 4.84. The van der Waals surface area contributed by atoms with Crippen LogP contribution in [0.3, 0.4) is 0 Å². The zero-order chi connectivity index (χ0) is 4.57.